The van der Waals surface area contributed by atoms with E-state index < -0.39 is 0 Å². The lowest BCUT2D eigenvalue weighted by Crippen LogP contribution is -2.39. The molecule has 0 saturated carbocycles. The summed E-state index contributed by atoms with van der Waals surface area (Å²) in [5.41, 5.74) is 4.49. The molecule has 1 N–H and O–H groups in total. The summed E-state index contributed by atoms with van der Waals surface area (Å²) in [4.78, 5) is 2.35. The molecule has 2 aliphatic rings. The Labute approximate surface area is 88.9 Å². The van der Waals surface area contributed by atoms with Crippen molar-refractivity contribution < 1.29 is 4.42 Å². The molecule has 2 atom stereocenters. The number of nitrogens with zero attached hydrogens (tertiary/aromatic N) is 2. The van der Waals surface area contributed by atoms with Crippen molar-refractivity contribution in [2.45, 2.75) is 12.5 Å². The van der Waals surface area contributed by atoms with Crippen LogP contribution in [0.1, 0.15) is 18.2 Å². The molecule has 2 unspecified atom stereocenters. The molecule has 0 aromatic carbocycles. The number of hydrazone groups is 1. The molecule has 0 amide bonds. The second kappa shape index (κ2) is 3.38. The van der Waals surface area contributed by atoms with Gasteiger partial charge in [0, 0.05) is 31.1 Å². The maximum Gasteiger partial charge on any atom is 0.128 e. The van der Waals surface area contributed by atoms with Crippen LogP contribution < -0.4 is 5.43 Å². The van der Waals surface area contributed by atoms with Gasteiger partial charge in [0.2, 0.25) is 0 Å². The van der Waals surface area contributed by atoms with Crippen molar-refractivity contribution in [3.05, 3.63) is 24.2 Å². The molecule has 15 heavy (non-hydrogen) atoms. The van der Waals surface area contributed by atoms with E-state index in [4.69, 9.17) is 4.42 Å². The fraction of sp³-hybridized carbons (Fsp3) is 0.545. The Balaban J connectivity index is 1.84. The van der Waals surface area contributed by atoms with Gasteiger partial charge < -0.3 is 9.32 Å². The number of likely N-dealkylation sites (tertiary alicyclic amines) is 1. The first-order valence-corrected chi connectivity index (χ1v) is 5.38. The first-order chi connectivity index (χ1) is 7.34. The van der Waals surface area contributed by atoms with E-state index in [1.807, 2.05) is 12.1 Å². The Morgan fingerprint density at radius 3 is 3.33 bits per heavy atom. The SMILES string of the molecule is CN1CCC2=NNC(c3ccco3)C2C1. The monoisotopic (exact) mass is 205 g/mol. The summed E-state index contributed by atoms with van der Waals surface area (Å²) in [6, 6.07) is 4.18. The molecular weight excluding hydrogens is 190 g/mol. The average molecular weight is 205 g/mol. The van der Waals surface area contributed by atoms with E-state index in [0.29, 0.717) is 5.92 Å². The molecule has 1 fully saturated rings. The van der Waals surface area contributed by atoms with Gasteiger partial charge in [0.05, 0.1) is 6.26 Å². The van der Waals surface area contributed by atoms with Gasteiger partial charge >= 0.3 is 0 Å². The van der Waals surface area contributed by atoms with Crippen LogP contribution in [0.2, 0.25) is 0 Å². The number of piperidine rings is 1. The van der Waals surface area contributed by atoms with E-state index in [2.05, 4.69) is 22.5 Å². The lowest BCUT2D eigenvalue weighted by atomic mass is 9.89. The zero-order valence-electron chi connectivity index (χ0n) is 8.81. The van der Waals surface area contributed by atoms with Gasteiger partial charge in [0.1, 0.15) is 11.8 Å². The zero-order valence-corrected chi connectivity index (χ0v) is 8.81. The maximum atomic E-state index is 5.45. The minimum Gasteiger partial charge on any atom is -0.467 e. The average Bonchev–Trinajstić information content (AvgIpc) is 2.83. The third-order valence-corrected chi connectivity index (χ3v) is 3.29. The number of hydrogen-bond donors (Lipinski definition) is 1. The van der Waals surface area contributed by atoms with E-state index in [-0.39, 0.29) is 6.04 Å². The molecule has 4 heteroatoms. The van der Waals surface area contributed by atoms with Crippen molar-refractivity contribution in [1.82, 2.24) is 10.3 Å². The minimum absolute atomic E-state index is 0.234. The van der Waals surface area contributed by atoms with Gasteiger partial charge in [-0.1, -0.05) is 0 Å². The molecule has 0 spiro atoms. The summed E-state index contributed by atoms with van der Waals surface area (Å²) in [6.45, 7) is 2.18. The highest BCUT2D eigenvalue weighted by Gasteiger charge is 2.37. The quantitative estimate of drug-likeness (QED) is 0.749. The summed E-state index contributed by atoms with van der Waals surface area (Å²) < 4.78 is 5.45. The molecule has 0 bridgehead atoms. The lowest BCUT2D eigenvalue weighted by Gasteiger charge is -2.29. The Kier molecular flexibility index (Phi) is 2.02. The molecular formula is C11H15N3O. The largest absolute Gasteiger partial charge is 0.467 e. The van der Waals surface area contributed by atoms with Crippen molar-refractivity contribution in [2.75, 3.05) is 20.1 Å². The summed E-state index contributed by atoms with van der Waals surface area (Å²) in [6.07, 6.45) is 2.80. The highest BCUT2D eigenvalue weighted by molar-refractivity contribution is 5.89. The highest BCUT2D eigenvalue weighted by Crippen LogP contribution is 2.31. The fourth-order valence-corrected chi connectivity index (χ4v) is 2.43. The zero-order chi connectivity index (χ0) is 10.3. The first-order valence-electron chi connectivity index (χ1n) is 5.38. The standard InChI is InChI=1S/C11H15N3O/c1-14-5-4-9-8(7-14)11(13-12-9)10-3-2-6-15-10/h2-3,6,8,11,13H,4-5,7H2,1H3. The predicted molar refractivity (Wildman–Crippen MR) is 57.6 cm³/mol. The van der Waals surface area contributed by atoms with Crippen molar-refractivity contribution in [3.8, 4) is 0 Å². The predicted octanol–water partition coefficient (Wildman–Crippen LogP) is 1.23. The first kappa shape index (κ1) is 8.97. The van der Waals surface area contributed by atoms with Gasteiger partial charge in [-0.15, -0.1) is 0 Å². The molecule has 3 heterocycles. The second-order valence-electron chi connectivity index (χ2n) is 4.34. The number of fused-ring (bicyclic) bond motifs is 1. The van der Waals surface area contributed by atoms with Gasteiger partial charge in [-0.2, -0.15) is 5.10 Å². The lowest BCUT2D eigenvalue weighted by molar-refractivity contribution is 0.260. The summed E-state index contributed by atoms with van der Waals surface area (Å²) in [7, 11) is 2.16. The van der Waals surface area contributed by atoms with Crippen molar-refractivity contribution in [1.29, 1.82) is 0 Å². The molecule has 1 aromatic heterocycles. The van der Waals surface area contributed by atoms with Crippen molar-refractivity contribution in [3.63, 3.8) is 0 Å². The van der Waals surface area contributed by atoms with E-state index in [9.17, 15) is 0 Å². The van der Waals surface area contributed by atoms with Gasteiger partial charge in [0.15, 0.2) is 0 Å². The second-order valence-corrected chi connectivity index (χ2v) is 4.34. The van der Waals surface area contributed by atoms with Gasteiger partial charge in [-0.25, -0.2) is 0 Å². The number of hydrogen-bond acceptors (Lipinski definition) is 4. The Morgan fingerprint density at radius 1 is 1.60 bits per heavy atom. The van der Waals surface area contributed by atoms with Crippen LogP contribution in [-0.2, 0) is 0 Å². The molecule has 4 nitrogen and oxygen atoms in total. The highest BCUT2D eigenvalue weighted by atomic mass is 16.3. The summed E-state index contributed by atoms with van der Waals surface area (Å²) in [5, 5.41) is 4.41. The number of furan rings is 1. The molecule has 2 aliphatic heterocycles. The maximum absolute atomic E-state index is 5.45. The van der Waals surface area contributed by atoms with Crippen LogP contribution in [0, 0.1) is 5.92 Å². The van der Waals surface area contributed by atoms with Crippen LogP contribution in [0.25, 0.3) is 0 Å². The Morgan fingerprint density at radius 2 is 2.53 bits per heavy atom. The smallest absolute Gasteiger partial charge is 0.128 e. The summed E-state index contributed by atoms with van der Waals surface area (Å²) in [5.74, 6) is 1.48. The Bertz CT molecular complexity index is 371. The van der Waals surface area contributed by atoms with Gasteiger partial charge in [-0.05, 0) is 19.2 Å². The molecule has 1 aromatic rings. The van der Waals surface area contributed by atoms with Crippen molar-refractivity contribution >= 4 is 5.71 Å². The Hall–Kier alpha value is -1.29. The molecule has 0 aliphatic carbocycles. The van der Waals surface area contributed by atoms with Crippen LogP contribution in [0.5, 0.6) is 0 Å². The summed E-state index contributed by atoms with van der Waals surface area (Å²) >= 11 is 0. The minimum atomic E-state index is 0.234. The van der Waals surface area contributed by atoms with Crippen LogP contribution in [0.4, 0.5) is 0 Å². The van der Waals surface area contributed by atoms with Gasteiger partial charge in [0.25, 0.3) is 0 Å². The number of rotatable bonds is 1. The molecule has 0 radical (unpaired) electrons. The van der Waals surface area contributed by atoms with Gasteiger partial charge in [-0.3, -0.25) is 5.43 Å². The van der Waals surface area contributed by atoms with Crippen LogP contribution in [0.15, 0.2) is 27.9 Å². The third kappa shape index (κ3) is 1.45. The van der Waals surface area contributed by atoms with E-state index in [1.165, 1.54) is 5.71 Å². The van der Waals surface area contributed by atoms with Crippen LogP contribution in [-0.4, -0.2) is 30.7 Å². The van der Waals surface area contributed by atoms with E-state index in [1.54, 1.807) is 6.26 Å². The number of nitrogens with one attached hydrogen (secondary N) is 1. The molecule has 3 rings (SSSR count). The van der Waals surface area contributed by atoms with Crippen LogP contribution >= 0.6 is 0 Å². The third-order valence-electron chi connectivity index (χ3n) is 3.29. The molecule has 80 valence electrons. The topological polar surface area (TPSA) is 40.8 Å². The van der Waals surface area contributed by atoms with E-state index in [0.717, 1.165) is 25.3 Å². The molecule has 1 saturated heterocycles. The fourth-order valence-electron chi connectivity index (χ4n) is 2.43. The normalized spacial score (nSPS) is 30.9. The van der Waals surface area contributed by atoms with Crippen LogP contribution in [0.3, 0.4) is 0 Å². The van der Waals surface area contributed by atoms with Crippen molar-refractivity contribution in [2.24, 2.45) is 11.0 Å². The van der Waals surface area contributed by atoms with E-state index >= 15 is 0 Å².